The third kappa shape index (κ3) is 2.70. The SMILES string of the molecule is CC(C)n1ccc(CN2CC(O)CC2C(=O)O)n1. The van der Waals surface area contributed by atoms with Gasteiger partial charge >= 0.3 is 5.97 Å². The van der Waals surface area contributed by atoms with Gasteiger partial charge in [0, 0.05) is 31.7 Å². The van der Waals surface area contributed by atoms with Gasteiger partial charge < -0.3 is 10.2 Å². The van der Waals surface area contributed by atoms with Crippen LogP contribution in [0.2, 0.25) is 0 Å². The van der Waals surface area contributed by atoms with E-state index in [9.17, 15) is 9.90 Å². The molecule has 0 radical (unpaired) electrons. The zero-order valence-corrected chi connectivity index (χ0v) is 10.7. The molecule has 1 saturated heterocycles. The fourth-order valence-electron chi connectivity index (χ4n) is 2.27. The number of hydrogen-bond acceptors (Lipinski definition) is 4. The van der Waals surface area contributed by atoms with E-state index in [0.29, 0.717) is 19.5 Å². The van der Waals surface area contributed by atoms with Crippen LogP contribution in [0.15, 0.2) is 12.3 Å². The Morgan fingerprint density at radius 3 is 2.89 bits per heavy atom. The summed E-state index contributed by atoms with van der Waals surface area (Å²) in [5.41, 5.74) is 0.837. The molecule has 18 heavy (non-hydrogen) atoms. The van der Waals surface area contributed by atoms with Crippen LogP contribution in [0, 0.1) is 0 Å². The molecule has 0 aromatic carbocycles. The van der Waals surface area contributed by atoms with Gasteiger partial charge in [-0.25, -0.2) is 0 Å². The number of carbonyl (C=O) groups is 1. The normalized spacial score (nSPS) is 24.9. The molecule has 1 aromatic rings. The molecular weight excluding hydrogens is 234 g/mol. The summed E-state index contributed by atoms with van der Waals surface area (Å²) >= 11 is 0. The molecule has 1 aromatic heterocycles. The minimum absolute atomic E-state index is 0.290. The lowest BCUT2D eigenvalue weighted by atomic mass is 10.2. The summed E-state index contributed by atoms with van der Waals surface area (Å²) in [6.07, 6.45) is 1.63. The van der Waals surface area contributed by atoms with Gasteiger partial charge in [0.05, 0.1) is 11.8 Å². The summed E-state index contributed by atoms with van der Waals surface area (Å²) in [7, 11) is 0. The van der Waals surface area contributed by atoms with Crippen molar-refractivity contribution in [1.82, 2.24) is 14.7 Å². The van der Waals surface area contributed by atoms with Crippen molar-refractivity contribution in [1.29, 1.82) is 0 Å². The second-order valence-corrected chi connectivity index (χ2v) is 5.05. The first-order valence-electron chi connectivity index (χ1n) is 6.16. The molecule has 1 aliphatic rings. The number of nitrogens with zero attached hydrogens (tertiary/aromatic N) is 3. The molecule has 2 rings (SSSR count). The van der Waals surface area contributed by atoms with E-state index in [2.05, 4.69) is 5.10 Å². The number of aliphatic hydroxyl groups excluding tert-OH is 1. The molecule has 2 N–H and O–H groups in total. The molecule has 2 unspecified atom stereocenters. The molecule has 1 aliphatic heterocycles. The van der Waals surface area contributed by atoms with Crippen LogP contribution in [0.25, 0.3) is 0 Å². The third-order valence-electron chi connectivity index (χ3n) is 3.22. The number of likely N-dealkylation sites (tertiary alicyclic amines) is 1. The van der Waals surface area contributed by atoms with Gasteiger partial charge in [0.1, 0.15) is 6.04 Å². The van der Waals surface area contributed by atoms with Crippen LogP contribution in [-0.4, -0.2) is 49.6 Å². The molecule has 1 fully saturated rings. The maximum atomic E-state index is 11.1. The predicted octanol–water partition coefficient (Wildman–Crippen LogP) is 0.484. The van der Waals surface area contributed by atoms with Gasteiger partial charge in [-0.2, -0.15) is 5.10 Å². The van der Waals surface area contributed by atoms with E-state index in [-0.39, 0.29) is 6.04 Å². The molecule has 2 heterocycles. The van der Waals surface area contributed by atoms with Gasteiger partial charge in [-0.3, -0.25) is 14.4 Å². The lowest BCUT2D eigenvalue weighted by Gasteiger charge is -2.19. The Bertz CT molecular complexity index is 430. The Labute approximate surface area is 106 Å². The first kappa shape index (κ1) is 13.0. The summed E-state index contributed by atoms with van der Waals surface area (Å²) in [5.74, 6) is -0.880. The molecule has 0 amide bonds. The Hall–Kier alpha value is -1.40. The summed E-state index contributed by atoms with van der Waals surface area (Å²) in [6.45, 7) is 4.94. The zero-order chi connectivity index (χ0) is 13.3. The fourth-order valence-corrected chi connectivity index (χ4v) is 2.27. The Morgan fingerprint density at radius 2 is 2.33 bits per heavy atom. The van der Waals surface area contributed by atoms with Crippen molar-refractivity contribution < 1.29 is 15.0 Å². The minimum atomic E-state index is -0.880. The highest BCUT2D eigenvalue weighted by Gasteiger charge is 2.36. The molecule has 0 bridgehead atoms. The van der Waals surface area contributed by atoms with Crippen molar-refractivity contribution in [3.8, 4) is 0 Å². The summed E-state index contributed by atoms with van der Waals surface area (Å²) < 4.78 is 1.84. The van der Waals surface area contributed by atoms with Crippen molar-refractivity contribution in [2.45, 2.75) is 45.0 Å². The monoisotopic (exact) mass is 253 g/mol. The van der Waals surface area contributed by atoms with E-state index < -0.39 is 18.1 Å². The first-order valence-corrected chi connectivity index (χ1v) is 6.16. The number of aliphatic hydroxyl groups is 1. The van der Waals surface area contributed by atoms with E-state index >= 15 is 0 Å². The number of aromatic nitrogens is 2. The smallest absolute Gasteiger partial charge is 0.321 e. The zero-order valence-electron chi connectivity index (χ0n) is 10.7. The van der Waals surface area contributed by atoms with Gasteiger partial charge in [-0.15, -0.1) is 0 Å². The van der Waals surface area contributed by atoms with Crippen molar-refractivity contribution in [2.24, 2.45) is 0 Å². The van der Waals surface area contributed by atoms with Crippen molar-refractivity contribution in [2.75, 3.05) is 6.54 Å². The number of rotatable bonds is 4. The molecule has 0 saturated carbocycles. The molecule has 6 nitrogen and oxygen atoms in total. The highest BCUT2D eigenvalue weighted by molar-refractivity contribution is 5.74. The first-order chi connectivity index (χ1) is 8.47. The van der Waals surface area contributed by atoms with Crippen LogP contribution < -0.4 is 0 Å². The lowest BCUT2D eigenvalue weighted by Crippen LogP contribution is -2.35. The summed E-state index contributed by atoms with van der Waals surface area (Å²) in [4.78, 5) is 12.8. The molecule has 0 spiro atoms. The molecule has 6 heteroatoms. The van der Waals surface area contributed by atoms with Crippen molar-refractivity contribution >= 4 is 5.97 Å². The van der Waals surface area contributed by atoms with E-state index in [1.54, 1.807) is 4.90 Å². The maximum Gasteiger partial charge on any atom is 0.321 e. The average Bonchev–Trinajstić information content (AvgIpc) is 2.86. The standard InChI is InChI=1S/C12H19N3O3/c1-8(2)15-4-3-9(13-15)6-14-7-10(16)5-11(14)12(17)18/h3-4,8,10-11,16H,5-7H2,1-2H3,(H,17,18). The fraction of sp³-hybridized carbons (Fsp3) is 0.667. The minimum Gasteiger partial charge on any atom is -0.480 e. The number of carboxylic acid groups (broad SMARTS) is 1. The number of aliphatic carboxylic acids is 1. The van der Waals surface area contributed by atoms with Crippen LogP contribution in [-0.2, 0) is 11.3 Å². The van der Waals surface area contributed by atoms with Crippen LogP contribution in [0.4, 0.5) is 0 Å². The van der Waals surface area contributed by atoms with Crippen molar-refractivity contribution in [3.05, 3.63) is 18.0 Å². The van der Waals surface area contributed by atoms with E-state index in [0.717, 1.165) is 5.69 Å². The predicted molar refractivity (Wildman–Crippen MR) is 65.1 cm³/mol. The Kier molecular flexibility index (Phi) is 3.68. The van der Waals surface area contributed by atoms with E-state index in [1.165, 1.54) is 0 Å². The summed E-state index contributed by atoms with van der Waals surface area (Å²) in [5, 5.41) is 23.0. The Balaban J connectivity index is 2.05. The lowest BCUT2D eigenvalue weighted by molar-refractivity contribution is -0.142. The topological polar surface area (TPSA) is 78.6 Å². The molecule has 0 aliphatic carbocycles. The van der Waals surface area contributed by atoms with Crippen molar-refractivity contribution in [3.63, 3.8) is 0 Å². The molecule has 2 atom stereocenters. The number of carboxylic acids is 1. The van der Waals surface area contributed by atoms with Gasteiger partial charge in [-0.05, 0) is 19.9 Å². The molecular formula is C12H19N3O3. The second kappa shape index (κ2) is 5.07. The van der Waals surface area contributed by atoms with Gasteiger partial charge in [0.15, 0.2) is 0 Å². The third-order valence-corrected chi connectivity index (χ3v) is 3.22. The highest BCUT2D eigenvalue weighted by Crippen LogP contribution is 2.20. The van der Waals surface area contributed by atoms with E-state index in [4.69, 9.17) is 5.11 Å². The van der Waals surface area contributed by atoms with Crippen LogP contribution in [0.5, 0.6) is 0 Å². The highest BCUT2D eigenvalue weighted by atomic mass is 16.4. The van der Waals surface area contributed by atoms with Gasteiger partial charge in [0.2, 0.25) is 0 Å². The van der Waals surface area contributed by atoms with Crippen LogP contribution in [0.3, 0.4) is 0 Å². The maximum absolute atomic E-state index is 11.1. The quantitative estimate of drug-likeness (QED) is 0.816. The number of hydrogen-bond donors (Lipinski definition) is 2. The largest absolute Gasteiger partial charge is 0.480 e. The van der Waals surface area contributed by atoms with Gasteiger partial charge in [0.25, 0.3) is 0 Å². The van der Waals surface area contributed by atoms with Crippen LogP contribution >= 0.6 is 0 Å². The average molecular weight is 253 g/mol. The molecule has 100 valence electrons. The van der Waals surface area contributed by atoms with E-state index in [1.807, 2.05) is 30.8 Å². The number of β-amino-alcohol motifs (C(OH)–C–C–N with tert-alkyl or cyclic N) is 1. The summed E-state index contributed by atoms with van der Waals surface area (Å²) in [6, 6.07) is 1.58. The Morgan fingerprint density at radius 1 is 1.61 bits per heavy atom. The second-order valence-electron chi connectivity index (χ2n) is 5.05. The van der Waals surface area contributed by atoms with Crippen LogP contribution in [0.1, 0.15) is 32.0 Å². The van der Waals surface area contributed by atoms with Gasteiger partial charge in [-0.1, -0.05) is 0 Å².